The van der Waals surface area contributed by atoms with Gasteiger partial charge < -0.3 is 10.6 Å². The van der Waals surface area contributed by atoms with Crippen LogP contribution in [0.2, 0.25) is 5.02 Å². The number of sulfonamides is 1. The van der Waals surface area contributed by atoms with E-state index < -0.39 is 27.2 Å². The molecule has 3 N–H and O–H groups in total. The van der Waals surface area contributed by atoms with Crippen molar-refractivity contribution < 1.29 is 13.2 Å². The number of rotatable bonds is 10. The number of nitrogens with one attached hydrogen (secondary N) is 1. The van der Waals surface area contributed by atoms with E-state index in [9.17, 15) is 22.8 Å². The lowest BCUT2D eigenvalue weighted by Crippen LogP contribution is -2.41. The van der Waals surface area contributed by atoms with Gasteiger partial charge in [-0.1, -0.05) is 38.3 Å². The van der Waals surface area contributed by atoms with Crippen molar-refractivity contribution in [2.75, 3.05) is 31.3 Å². The van der Waals surface area contributed by atoms with E-state index in [4.69, 9.17) is 17.3 Å². The number of benzene rings is 1. The number of hydrogen-bond acceptors (Lipinski definition) is 6. The van der Waals surface area contributed by atoms with Gasteiger partial charge >= 0.3 is 5.69 Å². The second-order valence-corrected chi connectivity index (χ2v) is 10.3. The van der Waals surface area contributed by atoms with Crippen LogP contribution in [0.15, 0.2) is 32.7 Å². The standard InChI is InChI=1S/C21H30ClN5O5S/c1-5-7-11-26(17-18(23)27(12-8-6-2)21(30)24-19(17)28)20(29)15-13-14(9-10-16(15)22)33(31,32)25(3)4/h9-10,13H,5-8,11-12,23H2,1-4H3,(H,24,28,30). The molecule has 2 rings (SSSR count). The molecule has 0 saturated carbocycles. The minimum Gasteiger partial charge on any atom is -0.383 e. The molecule has 0 aliphatic carbocycles. The molecule has 0 spiro atoms. The summed E-state index contributed by atoms with van der Waals surface area (Å²) in [6.45, 7) is 4.25. The van der Waals surface area contributed by atoms with Crippen LogP contribution >= 0.6 is 11.6 Å². The van der Waals surface area contributed by atoms with Crippen molar-refractivity contribution >= 4 is 39.0 Å². The Morgan fingerprint density at radius 1 is 1.15 bits per heavy atom. The number of nitrogen functional groups attached to an aromatic ring is 1. The van der Waals surface area contributed by atoms with Gasteiger partial charge in [0.1, 0.15) is 5.82 Å². The average Bonchev–Trinajstić information content (AvgIpc) is 2.75. The topological polar surface area (TPSA) is 139 Å². The number of amides is 1. The zero-order valence-corrected chi connectivity index (χ0v) is 20.8. The van der Waals surface area contributed by atoms with Crippen LogP contribution in [-0.2, 0) is 16.6 Å². The molecule has 12 heteroatoms. The first-order valence-electron chi connectivity index (χ1n) is 10.6. The van der Waals surface area contributed by atoms with E-state index in [2.05, 4.69) is 4.98 Å². The van der Waals surface area contributed by atoms with Crippen LogP contribution in [0.5, 0.6) is 0 Å². The van der Waals surface area contributed by atoms with E-state index >= 15 is 0 Å². The Morgan fingerprint density at radius 2 is 1.79 bits per heavy atom. The lowest BCUT2D eigenvalue weighted by atomic mass is 10.1. The van der Waals surface area contributed by atoms with Gasteiger partial charge in [-0.25, -0.2) is 17.5 Å². The SMILES string of the molecule is CCCCN(C(=O)c1cc(S(=O)(=O)N(C)C)ccc1Cl)c1c(N)n(CCCC)c(=O)[nH]c1=O. The molecule has 0 saturated heterocycles. The van der Waals surface area contributed by atoms with Crippen molar-refractivity contribution in [3.8, 4) is 0 Å². The molecular weight excluding hydrogens is 470 g/mol. The lowest BCUT2D eigenvalue weighted by molar-refractivity contribution is 0.0986. The number of hydrogen-bond donors (Lipinski definition) is 2. The number of carbonyl (C=O) groups is 1. The molecule has 2 aromatic rings. The molecule has 0 aliphatic heterocycles. The zero-order chi connectivity index (χ0) is 24.9. The number of anilines is 2. The summed E-state index contributed by atoms with van der Waals surface area (Å²) in [4.78, 5) is 41.9. The van der Waals surface area contributed by atoms with Crippen molar-refractivity contribution in [3.05, 3.63) is 49.6 Å². The van der Waals surface area contributed by atoms with Gasteiger partial charge in [0.25, 0.3) is 11.5 Å². The third kappa shape index (κ3) is 5.66. The summed E-state index contributed by atoms with van der Waals surface area (Å²) in [6.07, 6.45) is 2.68. The highest BCUT2D eigenvalue weighted by atomic mass is 35.5. The van der Waals surface area contributed by atoms with Gasteiger partial charge in [-0.15, -0.1) is 0 Å². The molecule has 0 fully saturated rings. The number of aromatic amines is 1. The van der Waals surface area contributed by atoms with Crippen LogP contribution in [0.3, 0.4) is 0 Å². The van der Waals surface area contributed by atoms with E-state index in [0.29, 0.717) is 19.3 Å². The molecule has 0 radical (unpaired) electrons. The summed E-state index contributed by atoms with van der Waals surface area (Å²) in [5.41, 5.74) is 4.48. The molecule has 1 aromatic carbocycles. The summed E-state index contributed by atoms with van der Waals surface area (Å²) >= 11 is 6.26. The molecule has 182 valence electrons. The van der Waals surface area contributed by atoms with Gasteiger partial charge in [-0.05, 0) is 31.0 Å². The predicted octanol–water partition coefficient (Wildman–Crippen LogP) is 2.27. The van der Waals surface area contributed by atoms with Crippen molar-refractivity contribution in [2.24, 2.45) is 0 Å². The first kappa shape index (κ1) is 26.6. The van der Waals surface area contributed by atoms with Crippen LogP contribution in [0.4, 0.5) is 11.5 Å². The van der Waals surface area contributed by atoms with Crippen LogP contribution < -0.4 is 21.9 Å². The first-order valence-corrected chi connectivity index (χ1v) is 12.5. The highest BCUT2D eigenvalue weighted by Crippen LogP contribution is 2.27. The normalized spacial score (nSPS) is 11.7. The Hall–Kier alpha value is -2.63. The monoisotopic (exact) mass is 499 g/mol. The fourth-order valence-corrected chi connectivity index (χ4v) is 4.32. The summed E-state index contributed by atoms with van der Waals surface area (Å²) in [5.74, 6) is -0.822. The number of unbranched alkanes of at least 4 members (excludes halogenated alkanes) is 2. The van der Waals surface area contributed by atoms with Gasteiger partial charge in [0.05, 0.1) is 15.5 Å². The Kier molecular flexibility index (Phi) is 8.87. The number of nitrogens with zero attached hydrogens (tertiary/aromatic N) is 3. The lowest BCUT2D eigenvalue weighted by Gasteiger charge is -2.25. The molecule has 0 bridgehead atoms. The summed E-state index contributed by atoms with van der Waals surface area (Å²) in [6, 6.07) is 3.80. The third-order valence-corrected chi connectivity index (χ3v) is 7.29. The second kappa shape index (κ2) is 11.0. The second-order valence-electron chi connectivity index (χ2n) is 7.74. The first-order chi connectivity index (χ1) is 15.5. The Labute approximate surface area is 198 Å². The van der Waals surface area contributed by atoms with Gasteiger partial charge in [-0.2, -0.15) is 0 Å². The van der Waals surface area contributed by atoms with E-state index in [-0.39, 0.29) is 40.1 Å². The highest BCUT2D eigenvalue weighted by molar-refractivity contribution is 7.89. The van der Waals surface area contributed by atoms with Crippen LogP contribution in [0.1, 0.15) is 49.9 Å². The van der Waals surface area contributed by atoms with Crippen LogP contribution in [0, 0.1) is 0 Å². The minimum absolute atomic E-state index is 0.0218. The molecule has 0 atom stereocenters. The maximum absolute atomic E-state index is 13.6. The maximum atomic E-state index is 13.6. The van der Waals surface area contributed by atoms with Gasteiger partial charge in [0, 0.05) is 27.2 Å². The molecule has 1 aromatic heterocycles. The minimum atomic E-state index is -3.83. The summed E-state index contributed by atoms with van der Waals surface area (Å²) < 4.78 is 27.4. The molecule has 0 aliphatic rings. The number of halogens is 1. The maximum Gasteiger partial charge on any atom is 0.330 e. The van der Waals surface area contributed by atoms with Crippen molar-refractivity contribution in [3.63, 3.8) is 0 Å². The van der Waals surface area contributed by atoms with Gasteiger partial charge in [0.2, 0.25) is 10.0 Å². The smallest absolute Gasteiger partial charge is 0.330 e. The molecular formula is C21H30ClN5O5S. The molecule has 0 unspecified atom stereocenters. The predicted molar refractivity (Wildman–Crippen MR) is 130 cm³/mol. The number of H-pyrrole nitrogens is 1. The van der Waals surface area contributed by atoms with E-state index in [1.807, 2.05) is 13.8 Å². The van der Waals surface area contributed by atoms with Gasteiger partial charge in [-0.3, -0.25) is 19.1 Å². The van der Waals surface area contributed by atoms with E-state index in [1.54, 1.807) is 0 Å². The third-order valence-electron chi connectivity index (χ3n) is 5.15. The van der Waals surface area contributed by atoms with E-state index in [1.165, 1.54) is 36.9 Å². The van der Waals surface area contributed by atoms with Crippen molar-refractivity contribution in [1.82, 2.24) is 13.9 Å². The van der Waals surface area contributed by atoms with E-state index in [0.717, 1.165) is 15.6 Å². The van der Waals surface area contributed by atoms with Crippen LogP contribution in [0.25, 0.3) is 0 Å². The van der Waals surface area contributed by atoms with Crippen molar-refractivity contribution in [1.29, 1.82) is 0 Å². The Morgan fingerprint density at radius 3 is 2.36 bits per heavy atom. The van der Waals surface area contributed by atoms with Gasteiger partial charge in [0.15, 0.2) is 5.69 Å². The largest absolute Gasteiger partial charge is 0.383 e. The fourth-order valence-electron chi connectivity index (χ4n) is 3.19. The molecule has 1 amide bonds. The summed E-state index contributed by atoms with van der Waals surface area (Å²) in [5, 5.41) is 0.0218. The van der Waals surface area contributed by atoms with Crippen molar-refractivity contribution in [2.45, 2.75) is 51.0 Å². The fraction of sp³-hybridized carbons (Fsp3) is 0.476. The Balaban J connectivity index is 2.70. The highest BCUT2D eigenvalue weighted by Gasteiger charge is 2.28. The molecule has 1 heterocycles. The van der Waals surface area contributed by atoms with Crippen LogP contribution in [-0.4, -0.2) is 48.8 Å². The number of carbonyl (C=O) groups excluding carboxylic acids is 1. The number of nitrogens with two attached hydrogens (primary N) is 1. The number of aromatic nitrogens is 2. The zero-order valence-electron chi connectivity index (χ0n) is 19.2. The average molecular weight is 500 g/mol. The summed E-state index contributed by atoms with van der Waals surface area (Å²) in [7, 11) is -1.08. The Bertz CT molecular complexity index is 1240. The molecule has 10 nitrogen and oxygen atoms in total. The molecule has 33 heavy (non-hydrogen) atoms. The quantitative estimate of drug-likeness (QED) is 0.514.